The molecule has 1 heterocycles. The van der Waals surface area contributed by atoms with E-state index < -0.39 is 0 Å². The summed E-state index contributed by atoms with van der Waals surface area (Å²) in [7, 11) is 0. The van der Waals surface area contributed by atoms with Gasteiger partial charge in [-0.05, 0) is 69.7 Å². The minimum atomic E-state index is -0.274. The summed E-state index contributed by atoms with van der Waals surface area (Å²) in [5.74, 6) is 0. The molecule has 0 atom stereocenters. The predicted octanol–water partition coefficient (Wildman–Crippen LogP) is 12.5. The fraction of sp³-hybridized carbons (Fsp3) is 0. The van der Waals surface area contributed by atoms with Crippen molar-refractivity contribution in [2.24, 2.45) is 0 Å². The Labute approximate surface area is 270 Å². The van der Waals surface area contributed by atoms with E-state index in [1.54, 1.807) is 0 Å². The van der Waals surface area contributed by atoms with Crippen molar-refractivity contribution in [1.82, 2.24) is 0 Å². The van der Waals surface area contributed by atoms with Crippen molar-refractivity contribution < 1.29 is 8.22 Å². The molecule has 0 unspecified atom stereocenters. The lowest BCUT2D eigenvalue weighted by Crippen LogP contribution is -2.10. The zero-order valence-electron chi connectivity index (χ0n) is 29.6. The van der Waals surface area contributed by atoms with Crippen molar-refractivity contribution in [2.45, 2.75) is 0 Å². The Bertz CT molecular complexity index is 2430. The minimum absolute atomic E-state index is 0.0938. The maximum Gasteiger partial charge on any atom is 0.0645 e. The van der Waals surface area contributed by atoms with Gasteiger partial charge in [-0.25, -0.2) is 0 Å². The highest BCUT2D eigenvalue weighted by Crippen LogP contribution is 2.45. The average Bonchev–Trinajstić information content (AvgIpc) is 3.57. The van der Waals surface area contributed by atoms with Crippen LogP contribution in [0.25, 0.3) is 53.6 Å². The van der Waals surface area contributed by atoms with Gasteiger partial charge in [0.05, 0.1) is 18.6 Å². The molecule has 0 bridgehead atoms. The van der Waals surface area contributed by atoms with Crippen LogP contribution in [0.1, 0.15) is 8.22 Å². The number of thiophene rings is 1. The average molecular weight is 586 g/mol. The van der Waals surface area contributed by atoms with Gasteiger partial charge in [0.15, 0.2) is 0 Å². The van der Waals surface area contributed by atoms with Crippen LogP contribution in [0, 0.1) is 0 Å². The molecule has 208 valence electrons. The van der Waals surface area contributed by atoms with Gasteiger partial charge in [0.2, 0.25) is 0 Å². The van der Waals surface area contributed by atoms with E-state index in [1.807, 2.05) is 120 Å². The van der Waals surface area contributed by atoms with Crippen molar-refractivity contribution in [3.8, 4) is 33.4 Å². The Balaban J connectivity index is 1.41. The van der Waals surface area contributed by atoms with Gasteiger partial charge in [0, 0.05) is 26.8 Å². The fourth-order valence-electron chi connectivity index (χ4n) is 5.58. The summed E-state index contributed by atoms with van der Waals surface area (Å²) in [6.07, 6.45) is 0. The third-order valence-electron chi connectivity index (χ3n) is 7.79. The lowest BCUT2D eigenvalue weighted by atomic mass is 10.0. The van der Waals surface area contributed by atoms with Gasteiger partial charge >= 0.3 is 0 Å². The molecule has 2 heteroatoms. The Morgan fingerprint density at radius 1 is 0.432 bits per heavy atom. The molecular formula is C42H29NS. The molecule has 44 heavy (non-hydrogen) atoms. The van der Waals surface area contributed by atoms with Crippen molar-refractivity contribution in [2.75, 3.05) is 4.90 Å². The second-order valence-corrected chi connectivity index (χ2v) is 11.5. The zero-order valence-corrected chi connectivity index (χ0v) is 24.5. The Morgan fingerprint density at radius 3 is 1.43 bits per heavy atom. The van der Waals surface area contributed by atoms with E-state index in [1.165, 1.54) is 11.3 Å². The van der Waals surface area contributed by atoms with Crippen LogP contribution in [0.15, 0.2) is 176 Å². The molecule has 0 aliphatic rings. The largest absolute Gasteiger partial charge is 0.309 e. The number of rotatable bonds is 6. The molecule has 0 spiro atoms. The van der Waals surface area contributed by atoms with Gasteiger partial charge in [-0.2, -0.15) is 0 Å². The van der Waals surface area contributed by atoms with Crippen LogP contribution < -0.4 is 4.90 Å². The predicted molar refractivity (Wildman–Crippen MR) is 190 cm³/mol. The molecule has 0 radical (unpaired) electrons. The monoisotopic (exact) mass is 585 g/mol. The first-order valence-corrected chi connectivity index (χ1v) is 15.3. The highest BCUT2D eigenvalue weighted by Gasteiger charge is 2.18. The first-order valence-electron chi connectivity index (χ1n) is 17.5. The van der Waals surface area contributed by atoms with Crippen LogP contribution in [-0.2, 0) is 0 Å². The topological polar surface area (TPSA) is 3.24 Å². The van der Waals surface area contributed by atoms with E-state index in [2.05, 4.69) is 24.3 Å². The summed E-state index contributed by atoms with van der Waals surface area (Å²) in [6, 6.07) is 44.8. The quantitative estimate of drug-likeness (QED) is 0.188. The van der Waals surface area contributed by atoms with Crippen molar-refractivity contribution >= 4 is 48.6 Å². The van der Waals surface area contributed by atoms with E-state index in [-0.39, 0.29) is 36.3 Å². The van der Waals surface area contributed by atoms with Crippen molar-refractivity contribution in [1.29, 1.82) is 0 Å². The number of benzene rings is 7. The standard InChI is InChI=1S/C42H29NS/c1-4-11-30(12-5-1)33-19-24-36(25-20-33)43(37-26-21-34(22-27-37)31-13-6-2-7-14-31)40-18-10-17-39-38-28-23-35(29-41(38)44-42(39)40)32-15-8-3-9-16-32/h1-29H/i10D,17D,18D,23D,28D,29D. The molecule has 1 aromatic heterocycles. The third-order valence-corrected chi connectivity index (χ3v) is 8.91. The summed E-state index contributed by atoms with van der Waals surface area (Å²) in [5.41, 5.74) is 7.14. The Kier molecular flexibility index (Phi) is 5.27. The molecule has 7 aromatic carbocycles. The molecule has 0 saturated carbocycles. The number of fused-ring (bicyclic) bond motifs is 3. The summed E-state index contributed by atoms with van der Waals surface area (Å²) >= 11 is 1.25. The van der Waals surface area contributed by atoms with E-state index in [4.69, 9.17) is 5.48 Å². The molecule has 0 N–H and O–H groups in total. The highest BCUT2D eigenvalue weighted by atomic mass is 32.1. The fourth-order valence-corrected chi connectivity index (χ4v) is 6.69. The van der Waals surface area contributed by atoms with Crippen molar-refractivity contribution in [3.63, 3.8) is 0 Å². The summed E-state index contributed by atoms with van der Waals surface area (Å²) in [4.78, 5) is 1.94. The lowest BCUT2D eigenvalue weighted by Gasteiger charge is -2.26. The van der Waals surface area contributed by atoms with Gasteiger partial charge in [-0.15, -0.1) is 11.3 Å². The molecule has 8 aromatic rings. The first-order chi connectivity index (χ1) is 24.3. The normalized spacial score (nSPS) is 13.1. The van der Waals surface area contributed by atoms with Gasteiger partial charge in [0.1, 0.15) is 0 Å². The number of anilines is 3. The highest BCUT2D eigenvalue weighted by molar-refractivity contribution is 7.26. The molecular weight excluding hydrogens is 551 g/mol. The van der Waals surface area contributed by atoms with Crippen LogP contribution in [0.3, 0.4) is 0 Å². The second kappa shape index (κ2) is 11.3. The van der Waals surface area contributed by atoms with Crippen LogP contribution in [0.2, 0.25) is 0 Å². The van der Waals surface area contributed by atoms with Gasteiger partial charge in [0.25, 0.3) is 0 Å². The van der Waals surface area contributed by atoms with Crippen LogP contribution in [-0.4, -0.2) is 0 Å². The SMILES string of the molecule is [2H]c1c([2H])c([2H])c2c(sc3c([2H])c(-c4ccccc4)c([2H])c([2H])c32)c1N(c1ccc(-c2ccccc2)cc1)c1ccc(-c2ccccc2)cc1. The Morgan fingerprint density at radius 2 is 0.909 bits per heavy atom. The zero-order chi connectivity index (χ0) is 34.5. The maximum atomic E-state index is 9.33. The second-order valence-electron chi connectivity index (χ2n) is 10.5. The molecule has 0 aliphatic heterocycles. The molecule has 0 aliphatic carbocycles. The van der Waals surface area contributed by atoms with Crippen LogP contribution in [0.5, 0.6) is 0 Å². The number of nitrogens with zero attached hydrogens (tertiary/aromatic N) is 1. The lowest BCUT2D eigenvalue weighted by molar-refractivity contribution is 1.30. The smallest absolute Gasteiger partial charge is 0.0645 e. The first kappa shape index (κ1) is 20.5. The van der Waals surface area contributed by atoms with Gasteiger partial charge < -0.3 is 4.90 Å². The van der Waals surface area contributed by atoms with Gasteiger partial charge in [-0.3, -0.25) is 0 Å². The number of hydrogen-bond acceptors (Lipinski definition) is 2. The van der Waals surface area contributed by atoms with Crippen LogP contribution >= 0.6 is 11.3 Å². The summed E-state index contributed by atoms with van der Waals surface area (Å²) < 4.78 is 55.7. The molecule has 0 amide bonds. The maximum absolute atomic E-state index is 9.33. The molecule has 0 saturated heterocycles. The summed E-state index contributed by atoms with van der Waals surface area (Å²) in [5, 5.41) is 0.623. The number of hydrogen-bond donors (Lipinski definition) is 0. The van der Waals surface area contributed by atoms with Gasteiger partial charge in [-0.1, -0.05) is 139 Å². The molecule has 8 rings (SSSR count). The van der Waals surface area contributed by atoms with Crippen LogP contribution in [0.4, 0.5) is 17.1 Å². The summed E-state index contributed by atoms with van der Waals surface area (Å²) in [6.45, 7) is 0. The van der Waals surface area contributed by atoms with E-state index >= 15 is 0 Å². The third kappa shape index (κ3) is 4.86. The Hall–Kier alpha value is -5.44. The minimum Gasteiger partial charge on any atom is -0.309 e. The van der Waals surface area contributed by atoms with Crippen molar-refractivity contribution in [3.05, 3.63) is 176 Å². The van der Waals surface area contributed by atoms with E-state index in [0.29, 0.717) is 37.0 Å². The molecule has 1 nitrogen and oxygen atoms in total. The van der Waals surface area contributed by atoms with E-state index in [0.717, 1.165) is 33.6 Å². The molecule has 0 fully saturated rings. The van der Waals surface area contributed by atoms with E-state index in [9.17, 15) is 2.74 Å².